The highest BCUT2D eigenvalue weighted by molar-refractivity contribution is 5.84. The SMILES string of the molecule is CC1CCC(C(=O)C2CCCCCC2N)CC1. The van der Waals surface area contributed by atoms with Crippen molar-refractivity contribution in [2.45, 2.75) is 70.8 Å². The third kappa shape index (κ3) is 3.31. The summed E-state index contributed by atoms with van der Waals surface area (Å²) in [5, 5.41) is 0. The number of hydrogen-bond donors (Lipinski definition) is 1. The van der Waals surface area contributed by atoms with E-state index >= 15 is 0 Å². The van der Waals surface area contributed by atoms with Crippen molar-refractivity contribution in [1.29, 1.82) is 0 Å². The van der Waals surface area contributed by atoms with E-state index in [-0.39, 0.29) is 12.0 Å². The van der Waals surface area contributed by atoms with Crippen molar-refractivity contribution in [1.82, 2.24) is 0 Å². The summed E-state index contributed by atoms with van der Waals surface area (Å²) in [6.45, 7) is 2.30. The van der Waals surface area contributed by atoms with Gasteiger partial charge in [-0.15, -0.1) is 0 Å². The number of hydrogen-bond acceptors (Lipinski definition) is 2. The van der Waals surface area contributed by atoms with Crippen molar-refractivity contribution < 1.29 is 4.79 Å². The van der Waals surface area contributed by atoms with Crippen molar-refractivity contribution in [3.05, 3.63) is 0 Å². The highest BCUT2D eigenvalue weighted by atomic mass is 16.1. The molecule has 0 bridgehead atoms. The zero-order valence-electron chi connectivity index (χ0n) is 11.2. The normalized spacial score (nSPS) is 39.6. The second kappa shape index (κ2) is 5.99. The van der Waals surface area contributed by atoms with Crippen LogP contribution in [-0.4, -0.2) is 11.8 Å². The van der Waals surface area contributed by atoms with Crippen LogP contribution < -0.4 is 5.73 Å². The molecule has 2 fully saturated rings. The van der Waals surface area contributed by atoms with Crippen LogP contribution in [0.25, 0.3) is 0 Å². The van der Waals surface area contributed by atoms with Crippen LogP contribution in [0.1, 0.15) is 64.7 Å². The second-order valence-corrected chi connectivity index (χ2v) is 6.27. The smallest absolute Gasteiger partial charge is 0.140 e. The zero-order valence-corrected chi connectivity index (χ0v) is 11.2. The van der Waals surface area contributed by atoms with Crippen molar-refractivity contribution >= 4 is 5.78 Å². The maximum Gasteiger partial charge on any atom is 0.140 e. The van der Waals surface area contributed by atoms with E-state index in [4.69, 9.17) is 5.73 Å². The van der Waals surface area contributed by atoms with Gasteiger partial charge >= 0.3 is 0 Å². The molecule has 2 nitrogen and oxygen atoms in total. The Labute approximate surface area is 105 Å². The molecule has 0 saturated heterocycles. The molecule has 17 heavy (non-hydrogen) atoms. The van der Waals surface area contributed by atoms with Gasteiger partial charge in [-0.25, -0.2) is 0 Å². The Hall–Kier alpha value is -0.370. The first-order valence-corrected chi connectivity index (χ1v) is 7.47. The van der Waals surface area contributed by atoms with E-state index in [2.05, 4.69) is 6.92 Å². The Balaban J connectivity index is 1.93. The van der Waals surface area contributed by atoms with Crippen LogP contribution in [0, 0.1) is 17.8 Å². The lowest BCUT2D eigenvalue weighted by Crippen LogP contribution is -2.38. The van der Waals surface area contributed by atoms with Gasteiger partial charge in [-0.05, 0) is 31.6 Å². The highest BCUT2D eigenvalue weighted by Crippen LogP contribution is 2.33. The summed E-state index contributed by atoms with van der Waals surface area (Å²) in [5.74, 6) is 1.84. The van der Waals surface area contributed by atoms with E-state index in [1.165, 1.54) is 32.1 Å². The topological polar surface area (TPSA) is 43.1 Å². The number of Topliss-reactive ketones (excluding diaryl/α,β-unsaturated/α-hetero) is 1. The summed E-state index contributed by atoms with van der Waals surface area (Å²) in [4.78, 5) is 12.5. The molecule has 2 saturated carbocycles. The van der Waals surface area contributed by atoms with Gasteiger partial charge in [0.15, 0.2) is 0 Å². The van der Waals surface area contributed by atoms with Crippen LogP contribution in [0.5, 0.6) is 0 Å². The molecule has 2 heteroatoms. The molecule has 0 spiro atoms. The molecule has 2 atom stereocenters. The van der Waals surface area contributed by atoms with Gasteiger partial charge in [0.25, 0.3) is 0 Å². The van der Waals surface area contributed by atoms with Crippen LogP contribution in [0.4, 0.5) is 0 Å². The molecular formula is C15H27NO. The Morgan fingerprint density at radius 2 is 1.59 bits per heavy atom. The fourth-order valence-corrected chi connectivity index (χ4v) is 3.54. The largest absolute Gasteiger partial charge is 0.327 e. The Kier molecular flexibility index (Phi) is 4.61. The Morgan fingerprint density at radius 3 is 2.29 bits per heavy atom. The second-order valence-electron chi connectivity index (χ2n) is 6.27. The van der Waals surface area contributed by atoms with Gasteiger partial charge in [0.1, 0.15) is 5.78 Å². The first-order valence-electron chi connectivity index (χ1n) is 7.47. The predicted molar refractivity (Wildman–Crippen MR) is 70.7 cm³/mol. The van der Waals surface area contributed by atoms with Gasteiger partial charge in [-0.3, -0.25) is 4.79 Å². The number of carbonyl (C=O) groups is 1. The molecule has 0 aromatic carbocycles. The van der Waals surface area contributed by atoms with E-state index in [9.17, 15) is 4.79 Å². The zero-order chi connectivity index (χ0) is 12.3. The third-order valence-electron chi connectivity index (χ3n) is 4.85. The maximum absolute atomic E-state index is 12.5. The molecule has 0 aromatic heterocycles. The molecule has 2 aliphatic carbocycles. The van der Waals surface area contributed by atoms with Crippen molar-refractivity contribution in [3.63, 3.8) is 0 Å². The fourth-order valence-electron chi connectivity index (χ4n) is 3.54. The quantitative estimate of drug-likeness (QED) is 0.749. The van der Waals surface area contributed by atoms with Crippen LogP contribution in [0.3, 0.4) is 0 Å². The minimum atomic E-state index is 0.143. The van der Waals surface area contributed by atoms with Gasteiger partial charge in [0, 0.05) is 17.9 Å². The average molecular weight is 237 g/mol. The summed E-state index contributed by atoms with van der Waals surface area (Å²) < 4.78 is 0. The molecule has 2 unspecified atom stereocenters. The number of nitrogens with two attached hydrogens (primary N) is 1. The predicted octanol–water partition coefficient (Wildman–Crippen LogP) is 3.29. The maximum atomic E-state index is 12.5. The van der Waals surface area contributed by atoms with Crippen molar-refractivity contribution in [3.8, 4) is 0 Å². The van der Waals surface area contributed by atoms with Gasteiger partial charge in [-0.1, -0.05) is 39.0 Å². The van der Waals surface area contributed by atoms with E-state index < -0.39 is 0 Å². The molecule has 2 rings (SSSR count). The molecule has 0 heterocycles. The van der Waals surface area contributed by atoms with Crippen LogP contribution >= 0.6 is 0 Å². The minimum Gasteiger partial charge on any atom is -0.327 e. The lowest BCUT2D eigenvalue weighted by atomic mass is 9.75. The lowest BCUT2D eigenvalue weighted by Gasteiger charge is -2.30. The monoisotopic (exact) mass is 237 g/mol. The van der Waals surface area contributed by atoms with E-state index in [1.54, 1.807) is 0 Å². The Bertz CT molecular complexity index is 256. The van der Waals surface area contributed by atoms with Gasteiger partial charge in [-0.2, -0.15) is 0 Å². The Morgan fingerprint density at radius 1 is 0.941 bits per heavy atom. The van der Waals surface area contributed by atoms with Crippen LogP contribution in [0.2, 0.25) is 0 Å². The minimum absolute atomic E-state index is 0.143. The number of carbonyl (C=O) groups excluding carboxylic acids is 1. The molecular weight excluding hydrogens is 210 g/mol. The summed E-state index contributed by atoms with van der Waals surface area (Å²) in [6, 6.07) is 0.143. The molecule has 0 radical (unpaired) electrons. The standard InChI is InChI=1S/C15H27NO/c1-11-7-9-12(10-8-11)15(17)13-5-3-2-4-6-14(13)16/h11-14H,2-10,16H2,1H3. The van der Waals surface area contributed by atoms with Crippen LogP contribution in [-0.2, 0) is 4.79 Å². The van der Waals surface area contributed by atoms with Crippen molar-refractivity contribution in [2.75, 3.05) is 0 Å². The van der Waals surface area contributed by atoms with Gasteiger partial charge in [0.2, 0.25) is 0 Å². The summed E-state index contributed by atoms with van der Waals surface area (Å²) in [5.41, 5.74) is 6.19. The van der Waals surface area contributed by atoms with Gasteiger partial charge in [0.05, 0.1) is 0 Å². The summed E-state index contributed by atoms with van der Waals surface area (Å²) in [6.07, 6.45) is 10.5. The molecule has 0 aromatic rings. The number of ketones is 1. The third-order valence-corrected chi connectivity index (χ3v) is 4.85. The first kappa shape index (κ1) is 13.1. The lowest BCUT2D eigenvalue weighted by molar-refractivity contribution is -0.128. The van der Waals surface area contributed by atoms with E-state index in [0.29, 0.717) is 11.7 Å². The molecule has 0 amide bonds. The fraction of sp³-hybridized carbons (Fsp3) is 0.933. The number of rotatable bonds is 2. The summed E-state index contributed by atoms with van der Waals surface area (Å²) in [7, 11) is 0. The van der Waals surface area contributed by atoms with Crippen LogP contribution in [0.15, 0.2) is 0 Å². The first-order chi connectivity index (χ1) is 8.18. The molecule has 2 N–H and O–H groups in total. The summed E-state index contributed by atoms with van der Waals surface area (Å²) >= 11 is 0. The molecule has 0 aliphatic heterocycles. The molecule has 98 valence electrons. The highest BCUT2D eigenvalue weighted by Gasteiger charge is 2.33. The van der Waals surface area contributed by atoms with E-state index in [0.717, 1.165) is 31.6 Å². The van der Waals surface area contributed by atoms with Gasteiger partial charge < -0.3 is 5.73 Å². The molecule has 2 aliphatic rings. The van der Waals surface area contributed by atoms with E-state index in [1.807, 2.05) is 0 Å². The van der Waals surface area contributed by atoms with Crippen molar-refractivity contribution in [2.24, 2.45) is 23.5 Å². The average Bonchev–Trinajstić information content (AvgIpc) is 2.54.